The maximum Gasteiger partial charge on any atom is 0.187 e. The van der Waals surface area contributed by atoms with Crippen LogP contribution in [-0.2, 0) is 0 Å². The third kappa shape index (κ3) is 5.69. The van der Waals surface area contributed by atoms with Gasteiger partial charge >= 0.3 is 0 Å². The number of aryl methyl sites for hydroxylation is 1. The molecule has 0 amide bonds. The monoisotopic (exact) mass is 750 g/mol. The van der Waals surface area contributed by atoms with Crippen LogP contribution in [0.25, 0.3) is 93.2 Å². The van der Waals surface area contributed by atoms with Crippen LogP contribution in [0.3, 0.4) is 0 Å². The van der Waals surface area contributed by atoms with Gasteiger partial charge in [0.25, 0.3) is 0 Å². The lowest BCUT2D eigenvalue weighted by Crippen LogP contribution is -2.04. The highest BCUT2D eigenvalue weighted by atomic mass is 15.0. The van der Waals surface area contributed by atoms with Crippen molar-refractivity contribution in [3.8, 4) is 63.0 Å². The number of para-hydroxylation sites is 2. The summed E-state index contributed by atoms with van der Waals surface area (Å²) in [6.45, 7) is 9.39. The summed E-state index contributed by atoms with van der Waals surface area (Å²) in [5, 5.41) is 34.8. The van der Waals surface area contributed by atoms with E-state index in [2.05, 4.69) is 105 Å². The predicted octanol–water partition coefficient (Wildman–Crippen LogP) is 13.4. The molecule has 0 fully saturated rings. The Morgan fingerprint density at radius 1 is 0.441 bits per heavy atom. The number of fused-ring (bicyclic) bond motifs is 6. The van der Waals surface area contributed by atoms with Crippen LogP contribution in [0.4, 0.5) is 5.69 Å². The van der Waals surface area contributed by atoms with Crippen LogP contribution in [0.15, 0.2) is 164 Å². The zero-order chi connectivity index (χ0) is 40.2. The molecule has 0 N–H and O–H groups in total. The highest BCUT2D eigenvalue weighted by Crippen LogP contribution is 2.42. The summed E-state index contributed by atoms with van der Waals surface area (Å²) in [7, 11) is 0. The highest BCUT2D eigenvalue weighted by Gasteiger charge is 2.22. The molecule has 6 nitrogen and oxygen atoms in total. The van der Waals surface area contributed by atoms with E-state index in [9.17, 15) is 15.8 Å². The van der Waals surface area contributed by atoms with E-state index in [1.165, 1.54) is 0 Å². The average molecular weight is 751 g/mol. The Bertz CT molecular complexity index is 3540. The van der Waals surface area contributed by atoms with Gasteiger partial charge in [-0.1, -0.05) is 91.0 Å². The molecule has 272 valence electrons. The normalized spacial score (nSPS) is 11.1. The van der Waals surface area contributed by atoms with Gasteiger partial charge in [-0.3, -0.25) is 0 Å². The summed E-state index contributed by atoms with van der Waals surface area (Å²) in [6, 6.07) is 61.8. The molecule has 2 heterocycles. The third-order valence-corrected chi connectivity index (χ3v) is 11.3. The standard InChI is InChI=1S/C53H30N6/c1-33-23-35(31-55)25-40(24-33)45-29-52(58-48-9-5-3-7-43(48)46-26-38(17-21-50(46)58)36-13-11-34(30-54)12-14-36)41(32-56)28-53(45)59-49-10-6-4-8-44(49)47-27-39(18-22-51(47)59)37-15-19-42(57-2)20-16-37/h3-29H,1H3. The number of nitriles is 3. The lowest BCUT2D eigenvalue weighted by molar-refractivity contribution is 1.13. The molecule has 0 aliphatic heterocycles. The van der Waals surface area contributed by atoms with E-state index in [1.54, 1.807) is 0 Å². The molecule has 0 unspecified atom stereocenters. The molecule has 59 heavy (non-hydrogen) atoms. The van der Waals surface area contributed by atoms with E-state index in [4.69, 9.17) is 6.57 Å². The molecule has 0 spiro atoms. The van der Waals surface area contributed by atoms with Gasteiger partial charge in [-0.2, -0.15) is 15.8 Å². The smallest absolute Gasteiger partial charge is 0.187 e. The molecule has 2 aromatic heterocycles. The number of hydrogen-bond donors (Lipinski definition) is 0. The maximum absolute atomic E-state index is 11.1. The lowest BCUT2D eigenvalue weighted by Gasteiger charge is -2.19. The second kappa shape index (κ2) is 13.8. The molecule has 6 heteroatoms. The Hall–Kier alpha value is -8.68. The van der Waals surface area contributed by atoms with Crippen LogP contribution in [0.5, 0.6) is 0 Å². The Labute approximate surface area is 340 Å². The second-order valence-corrected chi connectivity index (χ2v) is 14.7. The Kier molecular flexibility index (Phi) is 8.14. The van der Waals surface area contributed by atoms with E-state index in [0.29, 0.717) is 22.4 Å². The van der Waals surface area contributed by atoms with Crippen LogP contribution in [0.2, 0.25) is 0 Å². The predicted molar refractivity (Wildman–Crippen MR) is 237 cm³/mol. The summed E-state index contributed by atoms with van der Waals surface area (Å²) in [5.41, 5.74) is 14.5. The van der Waals surface area contributed by atoms with E-state index >= 15 is 0 Å². The lowest BCUT2D eigenvalue weighted by atomic mass is 9.96. The average Bonchev–Trinajstić information content (AvgIpc) is 3.80. The minimum atomic E-state index is 0.498. The summed E-state index contributed by atoms with van der Waals surface area (Å²) in [6.07, 6.45) is 0. The SMILES string of the molecule is [C-]#[N+]c1ccc(-c2ccc3c(c2)c2ccccc2n3-c2cc(C#N)c(-n3c4ccccc4c4cc(-c5ccc(C#N)cc5)ccc43)cc2-c2cc(C)cc(C#N)c2)cc1. The van der Waals surface area contributed by atoms with Crippen molar-refractivity contribution >= 4 is 49.3 Å². The Balaban J connectivity index is 1.26. The van der Waals surface area contributed by atoms with Crippen molar-refractivity contribution in [2.24, 2.45) is 0 Å². The Morgan fingerprint density at radius 3 is 1.53 bits per heavy atom. The molecular weight excluding hydrogens is 721 g/mol. The minimum absolute atomic E-state index is 0.498. The van der Waals surface area contributed by atoms with Gasteiger partial charge < -0.3 is 9.13 Å². The van der Waals surface area contributed by atoms with Crippen LogP contribution in [0, 0.1) is 47.5 Å². The van der Waals surface area contributed by atoms with E-state index < -0.39 is 0 Å². The highest BCUT2D eigenvalue weighted by molar-refractivity contribution is 6.12. The number of rotatable bonds is 5. The van der Waals surface area contributed by atoms with Gasteiger partial charge in [0.1, 0.15) is 6.07 Å². The first-order valence-electron chi connectivity index (χ1n) is 19.1. The molecule has 0 aliphatic carbocycles. The molecule has 8 aromatic carbocycles. The molecule has 0 radical (unpaired) electrons. The minimum Gasteiger partial charge on any atom is -0.309 e. The quantitative estimate of drug-likeness (QED) is 0.164. The van der Waals surface area contributed by atoms with Crippen molar-refractivity contribution in [2.75, 3.05) is 0 Å². The van der Waals surface area contributed by atoms with Crippen LogP contribution in [-0.4, -0.2) is 9.13 Å². The van der Waals surface area contributed by atoms with Crippen molar-refractivity contribution in [3.63, 3.8) is 0 Å². The fraction of sp³-hybridized carbons (Fsp3) is 0.0189. The zero-order valence-corrected chi connectivity index (χ0v) is 31.8. The van der Waals surface area contributed by atoms with Gasteiger partial charge in [0, 0.05) is 27.1 Å². The van der Waals surface area contributed by atoms with Gasteiger partial charge in [0.05, 0.1) is 68.8 Å². The van der Waals surface area contributed by atoms with Gasteiger partial charge in [-0.05, 0) is 113 Å². The number of hydrogen-bond acceptors (Lipinski definition) is 3. The number of benzene rings is 8. The topological polar surface area (TPSA) is 85.6 Å². The molecule has 0 saturated heterocycles. The third-order valence-electron chi connectivity index (χ3n) is 11.3. The first-order valence-corrected chi connectivity index (χ1v) is 19.1. The number of aromatic nitrogens is 2. The summed E-state index contributed by atoms with van der Waals surface area (Å²) in [4.78, 5) is 3.56. The Morgan fingerprint density at radius 2 is 0.966 bits per heavy atom. The molecular formula is C53H30N6. The fourth-order valence-electron chi connectivity index (χ4n) is 8.56. The summed E-state index contributed by atoms with van der Waals surface area (Å²) >= 11 is 0. The molecule has 10 aromatic rings. The number of nitrogens with zero attached hydrogens (tertiary/aromatic N) is 6. The zero-order valence-electron chi connectivity index (χ0n) is 31.8. The maximum atomic E-state index is 11.1. The van der Waals surface area contributed by atoms with Crippen molar-refractivity contribution in [1.82, 2.24) is 9.13 Å². The van der Waals surface area contributed by atoms with Gasteiger partial charge in [0.2, 0.25) is 0 Å². The molecule has 0 atom stereocenters. The first-order chi connectivity index (χ1) is 29.0. The van der Waals surface area contributed by atoms with Gasteiger partial charge in [-0.15, -0.1) is 0 Å². The van der Waals surface area contributed by atoms with E-state index in [0.717, 1.165) is 93.9 Å². The molecule has 0 bridgehead atoms. The van der Waals surface area contributed by atoms with Crippen molar-refractivity contribution in [2.45, 2.75) is 6.92 Å². The van der Waals surface area contributed by atoms with Crippen molar-refractivity contribution < 1.29 is 0 Å². The van der Waals surface area contributed by atoms with Crippen molar-refractivity contribution in [3.05, 3.63) is 197 Å². The van der Waals surface area contributed by atoms with Crippen LogP contribution in [0.1, 0.15) is 22.3 Å². The molecule has 10 rings (SSSR count). The molecule has 0 saturated carbocycles. The largest absolute Gasteiger partial charge is 0.309 e. The van der Waals surface area contributed by atoms with E-state index in [1.807, 2.05) is 97.9 Å². The first kappa shape index (κ1) is 34.8. The molecule has 0 aliphatic rings. The van der Waals surface area contributed by atoms with E-state index in [-0.39, 0.29) is 0 Å². The summed E-state index contributed by atoms with van der Waals surface area (Å²) in [5.74, 6) is 0. The van der Waals surface area contributed by atoms with Crippen LogP contribution >= 0.6 is 0 Å². The van der Waals surface area contributed by atoms with Crippen molar-refractivity contribution in [1.29, 1.82) is 15.8 Å². The van der Waals surface area contributed by atoms with Gasteiger partial charge in [-0.25, -0.2) is 4.85 Å². The summed E-state index contributed by atoms with van der Waals surface area (Å²) < 4.78 is 4.41. The fourth-order valence-corrected chi connectivity index (χ4v) is 8.56. The van der Waals surface area contributed by atoms with Gasteiger partial charge in [0.15, 0.2) is 5.69 Å². The second-order valence-electron chi connectivity index (χ2n) is 14.7. The van der Waals surface area contributed by atoms with Crippen LogP contribution < -0.4 is 0 Å².